The van der Waals surface area contributed by atoms with Gasteiger partial charge in [0.15, 0.2) is 0 Å². The second-order valence-electron chi connectivity index (χ2n) is 5.79. The van der Waals surface area contributed by atoms with E-state index in [0.29, 0.717) is 6.42 Å². The van der Waals surface area contributed by atoms with E-state index in [-0.39, 0.29) is 11.9 Å². The van der Waals surface area contributed by atoms with Gasteiger partial charge in [-0.15, -0.1) is 6.58 Å². The summed E-state index contributed by atoms with van der Waals surface area (Å²) in [6.07, 6.45) is 7.53. The lowest BCUT2D eigenvalue weighted by molar-refractivity contribution is -0.143. The maximum absolute atomic E-state index is 12.1. The Hall–Kier alpha value is -2.09. The standard InChI is InChI=1S/C21H28O2/c1-6-8-12-18(15-20(16(3)4)21(22)23-5)19-14-10-9-13-17(19)11-7-2/h6,9-10,12-14,20H,1,3,7-8,11,15H2,2,4-5H3. The van der Waals surface area contributed by atoms with Crippen LogP contribution in [-0.2, 0) is 16.0 Å². The van der Waals surface area contributed by atoms with E-state index in [4.69, 9.17) is 4.74 Å². The smallest absolute Gasteiger partial charge is 0.313 e. The molecule has 0 aliphatic carbocycles. The molecule has 0 aliphatic rings. The van der Waals surface area contributed by atoms with Crippen LogP contribution < -0.4 is 0 Å². The fraction of sp³-hybridized carbons (Fsp3) is 0.381. The maximum Gasteiger partial charge on any atom is 0.313 e. The molecule has 0 aliphatic heterocycles. The lowest BCUT2D eigenvalue weighted by Crippen LogP contribution is -2.17. The number of methoxy groups -OCH3 is 1. The Morgan fingerprint density at radius 2 is 2.04 bits per heavy atom. The number of hydrogen-bond acceptors (Lipinski definition) is 2. The maximum atomic E-state index is 12.1. The van der Waals surface area contributed by atoms with Crippen molar-refractivity contribution in [3.05, 3.63) is 66.3 Å². The van der Waals surface area contributed by atoms with Crippen molar-refractivity contribution in [2.45, 2.75) is 39.5 Å². The van der Waals surface area contributed by atoms with Crippen molar-refractivity contribution < 1.29 is 9.53 Å². The molecule has 1 unspecified atom stereocenters. The molecule has 1 aromatic carbocycles. The summed E-state index contributed by atoms with van der Waals surface area (Å²) in [7, 11) is 1.43. The van der Waals surface area contributed by atoms with E-state index >= 15 is 0 Å². The Morgan fingerprint density at radius 3 is 2.61 bits per heavy atom. The Balaban J connectivity index is 3.22. The van der Waals surface area contributed by atoms with E-state index in [9.17, 15) is 4.79 Å². The molecule has 1 aromatic rings. The molecular weight excluding hydrogens is 284 g/mol. The van der Waals surface area contributed by atoms with E-state index in [2.05, 4.69) is 44.4 Å². The summed E-state index contributed by atoms with van der Waals surface area (Å²) in [5.74, 6) is -0.541. The number of hydrogen-bond donors (Lipinski definition) is 0. The zero-order valence-corrected chi connectivity index (χ0v) is 14.6. The number of benzene rings is 1. The van der Waals surface area contributed by atoms with Gasteiger partial charge in [0.05, 0.1) is 13.0 Å². The van der Waals surface area contributed by atoms with Gasteiger partial charge in [-0.05, 0) is 42.9 Å². The van der Waals surface area contributed by atoms with E-state index in [1.54, 1.807) is 0 Å². The first-order valence-corrected chi connectivity index (χ1v) is 8.16. The Morgan fingerprint density at radius 1 is 1.35 bits per heavy atom. The molecule has 0 bridgehead atoms. The molecule has 0 amide bonds. The monoisotopic (exact) mass is 312 g/mol. The first kappa shape index (κ1) is 19.0. The summed E-state index contributed by atoms with van der Waals surface area (Å²) >= 11 is 0. The van der Waals surface area contributed by atoms with Crippen molar-refractivity contribution in [2.24, 2.45) is 5.92 Å². The summed E-state index contributed by atoms with van der Waals surface area (Å²) in [4.78, 5) is 12.1. The van der Waals surface area contributed by atoms with Crippen LogP contribution in [0.25, 0.3) is 5.57 Å². The summed E-state index contributed by atoms with van der Waals surface area (Å²) in [6.45, 7) is 11.8. The zero-order chi connectivity index (χ0) is 17.2. The SMILES string of the molecule is C=CCC=C(CC(C(=C)C)C(=O)OC)c1ccccc1CCC. The number of esters is 1. The van der Waals surface area contributed by atoms with Crippen molar-refractivity contribution in [3.8, 4) is 0 Å². The van der Waals surface area contributed by atoms with Gasteiger partial charge in [-0.25, -0.2) is 0 Å². The van der Waals surface area contributed by atoms with Crippen LogP contribution in [0.2, 0.25) is 0 Å². The number of carbonyl (C=O) groups is 1. The number of rotatable bonds is 9. The van der Waals surface area contributed by atoms with Gasteiger partial charge in [-0.1, -0.05) is 61.9 Å². The Bertz CT molecular complexity index is 581. The molecule has 1 rings (SSSR count). The highest BCUT2D eigenvalue weighted by Gasteiger charge is 2.22. The second kappa shape index (κ2) is 9.83. The van der Waals surface area contributed by atoms with Gasteiger partial charge in [-0.2, -0.15) is 0 Å². The molecule has 0 saturated heterocycles. The highest BCUT2D eigenvalue weighted by atomic mass is 16.5. The number of allylic oxidation sites excluding steroid dienone is 3. The van der Waals surface area contributed by atoms with E-state index in [0.717, 1.165) is 30.4 Å². The third-order valence-corrected chi connectivity index (χ3v) is 3.92. The van der Waals surface area contributed by atoms with Gasteiger partial charge in [0.2, 0.25) is 0 Å². The predicted octanol–water partition coefficient (Wildman–Crippen LogP) is 5.35. The molecule has 2 nitrogen and oxygen atoms in total. The van der Waals surface area contributed by atoms with Crippen LogP contribution in [0.3, 0.4) is 0 Å². The van der Waals surface area contributed by atoms with Gasteiger partial charge in [0.1, 0.15) is 0 Å². The highest BCUT2D eigenvalue weighted by Crippen LogP contribution is 2.30. The zero-order valence-electron chi connectivity index (χ0n) is 14.6. The van der Waals surface area contributed by atoms with Gasteiger partial charge < -0.3 is 4.74 Å². The number of aryl methyl sites for hydroxylation is 1. The van der Waals surface area contributed by atoms with Crippen LogP contribution in [0.5, 0.6) is 0 Å². The van der Waals surface area contributed by atoms with Crippen LogP contribution in [0.15, 0.2) is 55.1 Å². The van der Waals surface area contributed by atoms with Gasteiger partial charge in [0.25, 0.3) is 0 Å². The summed E-state index contributed by atoms with van der Waals surface area (Å²) < 4.78 is 4.95. The second-order valence-corrected chi connectivity index (χ2v) is 5.79. The Labute approximate surface area is 140 Å². The molecule has 0 saturated carbocycles. The van der Waals surface area contributed by atoms with Crippen molar-refractivity contribution in [1.82, 2.24) is 0 Å². The van der Waals surface area contributed by atoms with Crippen LogP contribution in [0.4, 0.5) is 0 Å². The van der Waals surface area contributed by atoms with Crippen LogP contribution in [0, 0.1) is 5.92 Å². The fourth-order valence-corrected chi connectivity index (χ4v) is 2.67. The normalized spacial score (nSPS) is 12.6. The highest BCUT2D eigenvalue weighted by molar-refractivity contribution is 5.80. The van der Waals surface area contributed by atoms with Gasteiger partial charge in [0, 0.05) is 0 Å². The van der Waals surface area contributed by atoms with E-state index in [1.807, 2.05) is 19.1 Å². The molecular formula is C21H28O2. The molecule has 23 heavy (non-hydrogen) atoms. The minimum absolute atomic E-state index is 0.227. The van der Waals surface area contributed by atoms with Gasteiger partial charge in [-0.3, -0.25) is 4.79 Å². The van der Waals surface area contributed by atoms with Crippen molar-refractivity contribution >= 4 is 11.5 Å². The summed E-state index contributed by atoms with van der Waals surface area (Å²) in [5, 5.41) is 0. The number of ether oxygens (including phenoxy) is 1. The molecule has 0 N–H and O–H groups in total. The summed E-state index contributed by atoms with van der Waals surface area (Å²) in [6, 6.07) is 8.40. The number of carbonyl (C=O) groups excluding carboxylic acids is 1. The third kappa shape index (κ3) is 5.55. The Kier molecular flexibility index (Phi) is 8.10. The third-order valence-electron chi connectivity index (χ3n) is 3.92. The molecule has 0 fully saturated rings. The lowest BCUT2D eigenvalue weighted by atomic mass is 9.87. The molecule has 1 atom stereocenters. The fourth-order valence-electron chi connectivity index (χ4n) is 2.67. The molecule has 124 valence electrons. The molecule has 0 aromatic heterocycles. The van der Waals surface area contributed by atoms with E-state index in [1.165, 1.54) is 18.2 Å². The first-order chi connectivity index (χ1) is 11.0. The largest absolute Gasteiger partial charge is 0.469 e. The quantitative estimate of drug-likeness (QED) is 0.453. The lowest BCUT2D eigenvalue weighted by Gasteiger charge is -2.19. The minimum Gasteiger partial charge on any atom is -0.469 e. The van der Waals surface area contributed by atoms with Crippen LogP contribution in [0.1, 0.15) is 44.2 Å². The summed E-state index contributed by atoms with van der Waals surface area (Å²) in [5.41, 5.74) is 4.52. The van der Waals surface area contributed by atoms with Crippen LogP contribution >= 0.6 is 0 Å². The van der Waals surface area contributed by atoms with Crippen LogP contribution in [-0.4, -0.2) is 13.1 Å². The molecule has 0 radical (unpaired) electrons. The van der Waals surface area contributed by atoms with Crippen molar-refractivity contribution in [1.29, 1.82) is 0 Å². The molecule has 0 heterocycles. The molecule has 2 heteroatoms. The van der Waals surface area contributed by atoms with Crippen molar-refractivity contribution in [2.75, 3.05) is 7.11 Å². The average molecular weight is 312 g/mol. The first-order valence-electron chi connectivity index (χ1n) is 8.16. The predicted molar refractivity (Wildman–Crippen MR) is 98.2 cm³/mol. The van der Waals surface area contributed by atoms with Crippen molar-refractivity contribution in [3.63, 3.8) is 0 Å². The minimum atomic E-state index is -0.314. The average Bonchev–Trinajstić information content (AvgIpc) is 2.55. The van der Waals surface area contributed by atoms with Gasteiger partial charge >= 0.3 is 5.97 Å². The van der Waals surface area contributed by atoms with E-state index < -0.39 is 0 Å². The molecule has 0 spiro atoms. The topological polar surface area (TPSA) is 26.3 Å².